The lowest BCUT2D eigenvalue weighted by Gasteiger charge is -2.25. The average molecular weight is 541 g/mol. The van der Waals surface area contributed by atoms with Crippen LogP contribution in [0.25, 0.3) is 15.9 Å². The van der Waals surface area contributed by atoms with E-state index in [0.29, 0.717) is 23.4 Å². The third-order valence-electron chi connectivity index (χ3n) is 6.18. The largest absolute Gasteiger partial charge is 0.450 e. The van der Waals surface area contributed by atoms with Crippen molar-refractivity contribution in [1.29, 1.82) is 0 Å². The van der Waals surface area contributed by atoms with Crippen LogP contribution in [0.4, 0.5) is 19.3 Å². The SMILES string of the molecule is CCOC(=O)N1CCc2c(sc3c2c(=O)n(-c2ccc(F)cc2)c(=O)n3CC(=O)Nc2ccccc2F)C1. The first-order valence-corrected chi connectivity index (χ1v) is 12.6. The van der Waals surface area contributed by atoms with Gasteiger partial charge in [-0.2, -0.15) is 0 Å². The van der Waals surface area contributed by atoms with E-state index in [1.54, 1.807) is 13.0 Å². The molecular weight excluding hydrogens is 518 g/mol. The molecule has 4 aromatic rings. The molecule has 196 valence electrons. The Morgan fingerprint density at radius 3 is 2.53 bits per heavy atom. The average Bonchev–Trinajstić information content (AvgIpc) is 3.28. The Bertz CT molecular complexity index is 1680. The van der Waals surface area contributed by atoms with Gasteiger partial charge in [-0.3, -0.25) is 14.2 Å². The van der Waals surface area contributed by atoms with E-state index in [-0.39, 0.29) is 34.7 Å². The van der Waals surface area contributed by atoms with Crippen LogP contribution in [-0.2, 0) is 29.0 Å². The van der Waals surface area contributed by atoms with E-state index < -0.39 is 41.4 Å². The maximum Gasteiger partial charge on any atom is 0.410 e. The van der Waals surface area contributed by atoms with Crippen molar-refractivity contribution in [3.05, 3.63) is 91.4 Å². The Morgan fingerprint density at radius 2 is 1.82 bits per heavy atom. The number of thiophene rings is 1. The molecule has 1 aliphatic heterocycles. The summed E-state index contributed by atoms with van der Waals surface area (Å²) in [5.41, 5.74) is -0.655. The molecule has 2 amide bonds. The summed E-state index contributed by atoms with van der Waals surface area (Å²) >= 11 is 1.14. The predicted octanol–water partition coefficient (Wildman–Crippen LogP) is 3.65. The molecule has 1 aliphatic rings. The van der Waals surface area contributed by atoms with Gasteiger partial charge >= 0.3 is 11.8 Å². The summed E-state index contributed by atoms with van der Waals surface area (Å²) in [4.78, 5) is 55.0. The van der Waals surface area contributed by atoms with E-state index in [1.165, 1.54) is 35.2 Å². The summed E-state index contributed by atoms with van der Waals surface area (Å²) < 4.78 is 34.8. The highest BCUT2D eigenvalue weighted by Gasteiger charge is 2.29. The highest BCUT2D eigenvalue weighted by molar-refractivity contribution is 7.18. The van der Waals surface area contributed by atoms with Gasteiger partial charge in [0.05, 0.1) is 29.9 Å². The lowest BCUT2D eigenvalue weighted by atomic mass is 10.1. The summed E-state index contributed by atoms with van der Waals surface area (Å²) in [7, 11) is 0. The van der Waals surface area contributed by atoms with E-state index in [1.807, 2.05) is 0 Å². The van der Waals surface area contributed by atoms with Crippen molar-refractivity contribution in [1.82, 2.24) is 14.0 Å². The normalized spacial score (nSPS) is 12.9. The van der Waals surface area contributed by atoms with Crippen molar-refractivity contribution in [3.8, 4) is 5.69 Å². The number of hydrogen-bond acceptors (Lipinski definition) is 6. The first-order chi connectivity index (χ1) is 18.3. The van der Waals surface area contributed by atoms with E-state index in [0.717, 1.165) is 32.6 Å². The van der Waals surface area contributed by atoms with Gasteiger partial charge in [-0.05, 0) is 55.3 Å². The van der Waals surface area contributed by atoms with Gasteiger partial charge in [0, 0.05) is 11.4 Å². The number of carbonyl (C=O) groups excluding carboxylic acids is 2. The monoisotopic (exact) mass is 540 g/mol. The lowest BCUT2D eigenvalue weighted by molar-refractivity contribution is -0.116. The van der Waals surface area contributed by atoms with Crippen molar-refractivity contribution in [3.63, 3.8) is 0 Å². The molecule has 0 spiro atoms. The molecule has 3 heterocycles. The first kappa shape index (κ1) is 25.3. The van der Waals surface area contributed by atoms with Crippen LogP contribution in [0.1, 0.15) is 17.4 Å². The summed E-state index contributed by atoms with van der Waals surface area (Å²) in [5.74, 6) is -1.86. The van der Waals surface area contributed by atoms with Gasteiger partial charge < -0.3 is 15.0 Å². The minimum atomic E-state index is -0.807. The molecule has 5 rings (SSSR count). The van der Waals surface area contributed by atoms with Gasteiger partial charge in [0.2, 0.25) is 5.91 Å². The number of amides is 2. The second-order valence-corrected chi connectivity index (χ2v) is 9.65. The summed E-state index contributed by atoms with van der Waals surface area (Å²) in [6.07, 6.45) is -0.145. The number of nitrogens with zero attached hydrogens (tertiary/aromatic N) is 3. The molecule has 2 aromatic heterocycles. The smallest absolute Gasteiger partial charge is 0.410 e. The number of nitrogens with one attached hydrogen (secondary N) is 1. The Kier molecular flexibility index (Phi) is 6.81. The quantitative estimate of drug-likeness (QED) is 0.417. The van der Waals surface area contributed by atoms with Crippen molar-refractivity contribution in [2.45, 2.75) is 26.4 Å². The second-order valence-electron chi connectivity index (χ2n) is 8.57. The van der Waals surface area contributed by atoms with E-state index in [4.69, 9.17) is 4.74 Å². The fraction of sp³-hybridized carbons (Fsp3) is 0.231. The molecular formula is C26H22F2N4O5S. The molecule has 0 saturated heterocycles. The van der Waals surface area contributed by atoms with Crippen molar-refractivity contribution in [2.24, 2.45) is 0 Å². The van der Waals surface area contributed by atoms with Gasteiger partial charge in [-0.1, -0.05) is 12.1 Å². The molecule has 0 fully saturated rings. The summed E-state index contributed by atoms with van der Waals surface area (Å²) in [5, 5.41) is 2.70. The zero-order chi connectivity index (χ0) is 27.0. The zero-order valence-electron chi connectivity index (χ0n) is 20.2. The van der Waals surface area contributed by atoms with Crippen molar-refractivity contribution >= 4 is 39.2 Å². The Hall–Kier alpha value is -4.32. The molecule has 12 heteroatoms. The number of para-hydroxylation sites is 1. The Morgan fingerprint density at radius 1 is 1.08 bits per heavy atom. The highest BCUT2D eigenvalue weighted by atomic mass is 32.1. The molecule has 38 heavy (non-hydrogen) atoms. The number of ether oxygens (including phenoxy) is 1. The fourth-order valence-corrected chi connectivity index (χ4v) is 5.78. The topological polar surface area (TPSA) is 103 Å². The molecule has 2 aromatic carbocycles. The number of carbonyl (C=O) groups is 2. The third kappa shape index (κ3) is 4.58. The number of aromatic nitrogens is 2. The second kappa shape index (κ2) is 10.2. The molecule has 0 radical (unpaired) electrons. The minimum Gasteiger partial charge on any atom is -0.450 e. The van der Waals surface area contributed by atoms with Crippen molar-refractivity contribution in [2.75, 3.05) is 18.5 Å². The van der Waals surface area contributed by atoms with Crippen LogP contribution in [0.15, 0.2) is 58.1 Å². The molecule has 0 bridgehead atoms. The number of fused-ring (bicyclic) bond motifs is 3. The zero-order valence-corrected chi connectivity index (χ0v) is 21.0. The Balaban J connectivity index is 1.65. The molecule has 0 atom stereocenters. The van der Waals surface area contributed by atoms with E-state index >= 15 is 0 Å². The van der Waals surface area contributed by atoms with Gasteiger partial charge in [0.1, 0.15) is 23.0 Å². The number of hydrogen-bond donors (Lipinski definition) is 1. The number of rotatable bonds is 5. The lowest BCUT2D eigenvalue weighted by Crippen LogP contribution is -2.41. The van der Waals surface area contributed by atoms with Crippen LogP contribution in [-0.4, -0.2) is 39.2 Å². The van der Waals surface area contributed by atoms with Gasteiger partial charge in [0.25, 0.3) is 5.56 Å². The predicted molar refractivity (Wildman–Crippen MR) is 138 cm³/mol. The van der Waals surface area contributed by atoms with Gasteiger partial charge in [-0.25, -0.2) is 22.9 Å². The molecule has 9 nitrogen and oxygen atoms in total. The van der Waals surface area contributed by atoms with E-state index in [2.05, 4.69) is 5.32 Å². The molecule has 0 saturated carbocycles. The highest BCUT2D eigenvalue weighted by Crippen LogP contribution is 2.33. The molecule has 0 aliphatic carbocycles. The molecule has 1 N–H and O–H groups in total. The number of benzene rings is 2. The fourth-order valence-electron chi connectivity index (χ4n) is 4.43. The van der Waals surface area contributed by atoms with Crippen LogP contribution in [0.2, 0.25) is 0 Å². The van der Waals surface area contributed by atoms with Crippen LogP contribution in [0.3, 0.4) is 0 Å². The standard InChI is InChI=1S/C26H22F2N4O5S/c1-2-37-26(36)30-12-11-17-20(13-30)38-24-22(17)23(34)32(16-9-7-15(27)8-10-16)25(35)31(24)14-21(33)29-19-6-4-3-5-18(19)28/h3-10H,2,11-14H2,1H3,(H,29,33). The number of halogens is 2. The minimum absolute atomic E-state index is 0.0517. The maximum atomic E-state index is 14.1. The van der Waals surface area contributed by atoms with Gasteiger partial charge in [-0.15, -0.1) is 11.3 Å². The molecule has 0 unspecified atom stereocenters. The third-order valence-corrected chi connectivity index (χ3v) is 7.42. The van der Waals surface area contributed by atoms with Crippen LogP contribution >= 0.6 is 11.3 Å². The van der Waals surface area contributed by atoms with Crippen LogP contribution < -0.4 is 16.6 Å². The van der Waals surface area contributed by atoms with Crippen molar-refractivity contribution < 1.29 is 23.1 Å². The van der Waals surface area contributed by atoms with Crippen LogP contribution in [0.5, 0.6) is 0 Å². The van der Waals surface area contributed by atoms with E-state index in [9.17, 15) is 28.0 Å². The van der Waals surface area contributed by atoms with Gasteiger partial charge in [0.15, 0.2) is 0 Å². The maximum absolute atomic E-state index is 14.1. The summed E-state index contributed by atoms with van der Waals surface area (Å²) in [6.45, 7) is 1.90. The van der Waals surface area contributed by atoms with Crippen LogP contribution in [0, 0.1) is 11.6 Å². The summed E-state index contributed by atoms with van der Waals surface area (Å²) in [6, 6.07) is 10.5. The first-order valence-electron chi connectivity index (χ1n) is 11.8. The number of anilines is 1. The Labute approximate surface area is 218 Å².